The Kier molecular flexibility index (Phi) is 4.86. The van der Waals surface area contributed by atoms with Gasteiger partial charge in [-0.1, -0.05) is 51.8 Å². The average molecular weight is 368 g/mol. The fourth-order valence-electron chi connectivity index (χ4n) is 2.06. The third-order valence-corrected chi connectivity index (χ3v) is 5.80. The predicted molar refractivity (Wildman–Crippen MR) is 88.7 cm³/mol. The first-order valence-corrected chi connectivity index (χ1v) is 8.82. The van der Waals surface area contributed by atoms with Gasteiger partial charge >= 0.3 is 0 Å². The fourth-order valence-corrected chi connectivity index (χ4v) is 3.97. The maximum absolute atomic E-state index is 12.7. The summed E-state index contributed by atoms with van der Waals surface area (Å²) in [7, 11) is -1.89. The largest absolute Gasteiger partial charge is 0.243 e. The first-order chi connectivity index (χ1) is 9.80. The Morgan fingerprint density at radius 2 is 1.67 bits per heavy atom. The summed E-state index contributed by atoms with van der Waals surface area (Å²) >= 11 is 3.33. The zero-order chi connectivity index (χ0) is 15.6. The molecule has 0 aromatic heterocycles. The van der Waals surface area contributed by atoms with Crippen molar-refractivity contribution >= 4 is 26.0 Å². The first-order valence-electron chi connectivity index (χ1n) is 6.59. The van der Waals surface area contributed by atoms with E-state index in [2.05, 4.69) is 15.9 Å². The minimum absolute atomic E-state index is 0.339. The van der Waals surface area contributed by atoms with Crippen LogP contribution < -0.4 is 0 Å². The van der Waals surface area contributed by atoms with Crippen LogP contribution in [0.2, 0.25) is 0 Å². The summed E-state index contributed by atoms with van der Waals surface area (Å²) in [5.74, 6) is 0. The molecule has 0 saturated heterocycles. The van der Waals surface area contributed by atoms with Crippen LogP contribution in [0.25, 0.3) is 0 Å². The molecule has 21 heavy (non-hydrogen) atoms. The van der Waals surface area contributed by atoms with E-state index in [1.165, 1.54) is 4.31 Å². The molecule has 0 aliphatic carbocycles. The average Bonchev–Trinajstić information content (AvgIpc) is 2.43. The molecule has 0 fully saturated rings. The van der Waals surface area contributed by atoms with Gasteiger partial charge in [-0.05, 0) is 37.1 Å². The van der Waals surface area contributed by atoms with Crippen LogP contribution >= 0.6 is 15.9 Å². The van der Waals surface area contributed by atoms with Crippen molar-refractivity contribution in [3.63, 3.8) is 0 Å². The van der Waals surface area contributed by atoms with Crippen LogP contribution in [0.4, 0.5) is 0 Å². The van der Waals surface area contributed by atoms with Crippen molar-refractivity contribution in [2.45, 2.75) is 25.3 Å². The zero-order valence-electron chi connectivity index (χ0n) is 12.3. The van der Waals surface area contributed by atoms with E-state index in [1.807, 2.05) is 37.3 Å². The fraction of sp³-hybridized carbons (Fsp3) is 0.250. The van der Waals surface area contributed by atoms with Gasteiger partial charge in [-0.15, -0.1) is 0 Å². The van der Waals surface area contributed by atoms with Gasteiger partial charge in [0.15, 0.2) is 0 Å². The topological polar surface area (TPSA) is 37.4 Å². The van der Waals surface area contributed by atoms with Crippen LogP contribution in [0.5, 0.6) is 0 Å². The molecular weight excluding hydrogens is 350 g/mol. The van der Waals surface area contributed by atoms with E-state index < -0.39 is 10.0 Å². The van der Waals surface area contributed by atoms with Crippen molar-refractivity contribution in [1.82, 2.24) is 4.31 Å². The van der Waals surface area contributed by atoms with E-state index in [9.17, 15) is 8.42 Å². The molecule has 0 amide bonds. The molecule has 2 rings (SSSR count). The Hall–Kier alpha value is -1.17. The number of rotatable bonds is 4. The van der Waals surface area contributed by atoms with Gasteiger partial charge in [0.1, 0.15) is 0 Å². The maximum atomic E-state index is 12.7. The number of hydrogen-bond donors (Lipinski definition) is 0. The van der Waals surface area contributed by atoms with E-state index in [0.717, 1.165) is 21.2 Å². The lowest BCUT2D eigenvalue weighted by molar-refractivity contribution is 0.466. The second-order valence-corrected chi connectivity index (χ2v) is 8.09. The van der Waals surface area contributed by atoms with Crippen molar-refractivity contribution < 1.29 is 8.42 Å². The molecular formula is C16H18BrNO2S. The normalized spacial score (nSPS) is 11.9. The highest BCUT2D eigenvalue weighted by Gasteiger charge is 2.23. The lowest BCUT2D eigenvalue weighted by Gasteiger charge is -2.19. The van der Waals surface area contributed by atoms with Crippen molar-refractivity contribution in [2.24, 2.45) is 0 Å². The summed E-state index contributed by atoms with van der Waals surface area (Å²) in [6, 6.07) is 13.2. The third kappa shape index (κ3) is 3.73. The van der Waals surface area contributed by atoms with Gasteiger partial charge in [0.2, 0.25) is 10.0 Å². The van der Waals surface area contributed by atoms with Gasteiger partial charge in [-0.2, -0.15) is 4.31 Å². The highest BCUT2D eigenvalue weighted by Crippen LogP contribution is 2.24. The molecule has 2 aromatic carbocycles. The van der Waals surface area contributed by atoms with Crippen LogP contribution in [-0.2, 0) is 16.6 Å². The Balaban J connectivity index is 2.30. The van der Waals surface area contributed by atoms with Crippen molar-refractivity contribution in [2.75, 3.05) is 7.05 Å². The van der Waals surface area contributed by atoms with E-state index in [4.69, 9.17) is 0 Å². The summed E-state index contributed by atoms with van der Waals surface area (Å²) in [4.78, 5) is 0.339. The lowest BCUT2D eigenvalue weighted by Crippen LogP contribution is -2.27. The van der Waals surface area contributed by atoms with Gasteiger partial charge in [0.25, 0.3) is 0 Å². The molecule has 3 nitrogen and oxygen atoms in total. The van der Waals surface area contributed by atoms with Crippen molar-refractivity contribution in [3.8, 4) is 0 Å². The second-order valence-electron chi connectivity index (χ2n) is 5.16. The molecule has 0 spiro atoms. The molecule has 0 bridgehead atoms. The molecule has 0 radical (unpaired) electrons. The first kappa shape index (κ1) is 16.2. The lowest BCUT2D eigenvalue weighted by atomic mass is 10.1. The van der Waals surface area contributed by atoms with Crippen LogP contribution in [0.1, 0.15) is 16.7 Å². The number of hydrogen-bond acceptors (Lipinski definition) is 2. The van der Waals surface area contributed by atoms with Gasteiger partial charge in [-0.25, -0.2) is 8.42 Å². The van der Waals surface area contributed by atoms with Crippen LogP contribution in [0, 0.1) is 13.8 Å². The van der Waals surface area contributed by atoms with Gasteiger partial charge in [-0.3, -0.25) is 0 Å². The van der Waals surface area contributed by atoms with E-state index in [1.54, 1.807) is 26.1 Å². The Morgan fingerprint density at radius 3 is 2.29 bits per heavy atom. The molecule has 112 valence electrons. The van der Waals surface area contributed by atoms with Gasteiger partial charge < -0.3 is 0 Å². The number of halogens is 1. The summed E-state index contributed by atoms with van der Waals surface area (Å²) in [5, 5.41) is 0. The van der Waals surface area contributed by atoms with Crippen LogP contribution in [0.15, 0.2) is 51.8 Å². The Morgan fingerprint density at radius 1 is 1.05 bits per heavy atom. The molecule has 0 aliphatic heterocycles. The molecule has 0 N–H and O–H groups in total. The van der Waals surface area contributed by atoms with Crippen LogP contribution in [0.3, 0.4) is 0 Å². The van der Waals surface area contributed by atoms with Gasteiger partial charge in [0, 0.05) is 18.1 Å². The van der Waals surface area contributed by atoms with E-state index in [-0.39, 0.29) is 0 Å². The highest BCUT2D eigenvalue weighted by atomic mass is 79.9. The molecule has 0 aliphatic rings. The quantitative estimate of drug-likeness (QED) is 0.821. The minimum Gasteiger partial charge on any atom is -0.207 e. The summed E-state index contributed by atoms with van der Waals surface area (Å²) < 4.78 is 27.5. The minimum atomic E-state index is -3.50. The van der Waals surface area contributed by atoms with Crippen molar-refractivity contribution in [3.05, 3.63) is 63.6 Å². The summed E-state index contributed by atoms with van der Waals surface area (Å²) in [6.07, 6.45) is 0. The smallest absolute Gasteiger partial charge is 0.207 e. The van der Waals surface area contributed by atoms with Crippen LogP contribution in [-0.4, -0.2) is 19.8 Å². The van der Waals surface area contributed by atoms with E-state index in [0.29, 0.717) is 11.4 Å². The number of aryl methyl sites for hydroxylation is 2. The third-order valence-electron chi connectivity index (χ3n) is 3.36. The maximum Gasteiger partial charge on any atom is 0.243 e. The summed E-state index contributed by atoms with van der Waals surface area (Å²) in [5.41, 5.74) is 2.88. The molecule has 0 saturated carbocycles. The second kappa shape index (κ2) is 6.30. The number of nitrogens with zero attached hydrogens (tertiary/aromatic N) is 1. The molecule has 0 atom stereocenters. The number of sulfonamides is 1. The molecule has 5 heteroatoms. The molecule has 0 heterocycles. The zero-order valence-corrected chi connectivity index (χ0v) is 14.7. The number of benzene rings is 2. The highest BCUT2D eigenvalue weighted by molar-refractivity contribution is 9.10. The predicted octanol–water partition coefficient (Wildman–Crippen LogP) is 3.89. The molecule has 0 unspecified atom stereocenters. The molecule has 2 aromatic rings. The summed E-state index contributed by atoms with van der Waals surface area (Å²) in [6.45, 7) is 4.17. The van der Waals surface area contributed by atoms with E-state index >= 15 is 0 Å². The Bertz CT molecular complexity index is 739. The Labute approximate surface area is 134 Å². The monoisotopic (exact) mass is 367 g/mol. The van der Waals surface area contributed by atoms with Crippen molar-refractivity contribution in [1.29, 1.82) is 0 Å². The SMILES string of the molecule is Cc1ccc(CN(C)S(=O)(=O)c2cc(Br)ccc2C)cc1. The standard InChI is InChI=1S/C16H18BrNO2S/c1-12-4-7-14(8-5-12)11-18(3)21(19,20)16-10-15(17)9-6-13(16)2/h4-10H,11H2,1-3H3. The van der Waals surface area contributed by atoms with Gasteiger partial charge in [0.05, 0.1) is 4.90 Å².